The molecule has 9 nitrogen and oxygen atoms in total. The summed E-state index contributed by atoms with van der Waals surface area (Å²) in [6.07, 6.45) is 0.156. The largest absolute Gasteiger partial charge is 0.515 e. The topological polar surface area (TPSA) is 121 Å². The van der Waals surface area contributed by atoms with E-state index in [2.05, 4.69) is 9.72 Å². The summed E-state index contributed by atoms with van der Waals surface area (Å²) in [5.74, 6) is -0.806. The Morgan fingerprint density at radius 3 is 2.48 bits per heavy atom. The molecule has 0 aliphatic rings. The molecule has 0 aliphatic heterocycles. The average Bonchev–Trinajstić information content (AvgIpc) is 2.63. The number of pyridine rings is 1. The van der Waals surface area contributed by atoms with E-state index in [0.717, 1.165) is 6.20 Å². The van der Waals surface area contributed by atoms with E-state index in [9.17, 15) is 18.0 Å². The van der Waals surface area contributed by atoms with Gasteiger partial charge in [-0.3, -0.25) is 4.79 Å². The molecule has 0 radical (unpaired) electrons. The predicted molar refractivity (Wildman–Crippen MR) is 95.1 cm³/mol. The summed E-state index contributed by atoms with van der Waals surface area (Å²) in [6, 6.07) is 11.2. The zero-order valence-corrected chi connectivity index (χ0v) is 15.3. The average molecular weight is 394 g/mol. The van der Waals surface area contributed by atoms with Crippen LogP contribution in [0.25, 0.3) is 0 Å². The van der Waals surface area contributed by atoms with E-state index in [-0.39, 0.29) is 24.7 Å². The van der Waals surface area contributed by atoms with Crippen molar-refractivity contribution in [2.45, 2.75) is 6.92 Å². The Morgan fingerprint density at radius 1 is 1.11 bits per heavy atom. The van der Waals surface area contributed by atoms with Gasteiger partial charge in [-0.2, -0.15) is 0 Å². The Balaban J connectivity index is 1.86. The first-order valence-corrected chi connectivity index (χ1v) is 9.58. The summed E-state index contributed by atoms with van der Waals surface area (Å²) in [5, 5.41) is 0. The number of nitrogens with one attached hydrogen (secondary N) is 1. The maximum absolute atomic E-state index is 12.0. The van der Waals surface area contributed by atoms with Crippen LogP contribution in [0.1, 0.15) is 17.3 Å². The number of benzene rings is 1. The van der Waals surface area contributed by atoms with Crippen molar-refractivity contribution in [2.24, 2.45) is 0 Å². The van der Waals surface area contributed by atoms with Crippen LogP contribution in [0.4, 0.5) is 4.79 Å². The van der Waals surface area contributed by atoms with Gasteiger partial charge in [0, 0.05) is 12.3 Å². The van der Waals surface area contributed by atoms with Crippen molar-refractivity contribution < 1.29 is 32.2 Å². The Labute approximate surface area is 156 Å². The third kappa shape index (κ3) is 6.94. The second kappa shape index (κ2) is 9.53. The van der Waals surface area contributed by atoms with Gasteiger partial charge in [0.25, 0.3) is 5.91 Å². The number of hydrogen-bond donors (Lipinski definition) is 1. The number of hydrogen-bond acceptors (Lipinski definition) is 8. The molecule has 1 amide bonds. The van der Waals surface area contributed by atoms with Gasteiger partial charge in [-0.25, -0.2) is 22.9 Å². The lowest BCUT2D eigenvalue weighted by Crippen LogP contribution is -2.34. The number of sulfonamides is 1. The molecule has 0 spiro atoms. The van der Waals surface area contributed by atoms with Crippen LogP contribution >= 0.6 is 0 Å². The van der Waals surface area contributed by atoms with Gasteiger partial charge in [0.15, 0.2) is 0 Å². The summed E-state index contributed by atoms with van der Waals surface area (Å²) in [7, 11) is -3.89. The van der Waals surface area contributed by atoms with Gasteiger partial charge in [0.2, 0.25) is 15.9 Å². The first kappa shape index (κ1) is 20.2. The summed E-state index contributed by atoms with van der Waals surface area (Å²) >= 11 is 0. The van der Waals surface area contributed by atoms with Crippen LogP contribution in [-0.4, -0.2) is 44.4 Å². The number of para-hydroxylation sites is 1. The molecule has 2 aromatic rings. The maximum atomic E-state index is 12.0. The third-order valence-corrected chi connectivity index (χ3v) is 4.26. The molecule has 144 valence electrons. The number of carbonyl (C=O) groups excluding carboxylic acids is 2. The molecule has 2 rings (SSSR count). The van der Waals surface area contributed by atoms with Crippen LogP contribution in [-0.2, 0) is 14.8 Å². The monoisotopic (exact) mass is 394 g/mol. The standard InChI is InChI=1S/C17H18N2O7S/c1-2-24-17(21)26-15-9-8-13(12-18-15)16(20)19-27(22,23)11-10-25-14-6-4-3-5-7-14/h3-9,12H,2,10-11H2,1H3,(H,19,20). The normalized spacial score (nSPS) is 10.7. The van der Waals surface area contributed by atoms with Gasteiger partial charge in [-0.15, -0.1) is 0 Å². The minimum Gasteiger partial charge on any atom is -0.492 e. The number of ether oxygens (including phenoxy) is 3. The van der Waals surface area contributed by atoms with Crippen LogP contribution in [0.3, 0.4) is 0 Å². The molecule has 10 heteroatoms. The Bertz CT molecular complexity index is 868. The molecular weight excluding hydrogens is 376 g/mol. The van der Waals surface area contributed by atoms with Gasteiger partial charge in [-0.1, -0.05) is 18.2 Å². The van der Waals surface area contributed by atoms with E-state index in [4.69, 9.17) is 9.47 Å². The van der Waals surface area contributed by atoms with Crippen molar-refractivity contribution in [3.05, 3.63) is 54.2 Å². The predicted octanol–water partition coefficient (Wildman–Crippen LogP) is 1.76. The number of carbonyl (C=O) groups is 2. The highest BCUT2D eigenvalue weighted by Crippen LogP contribution is 2.10. The molecule has 1 aromatic carbocycles. The van der Waals surface area contributed by atoms with Crippen molar-refractivity contribution in [3.63, 3.8) is 0 Å². The molecule has 0 atom stereocenters. The first-order chi connectivity index (χ1) is 12.9. The number of nitrogens with zero attached hydrogens (tertiary/aromatic N) is 1. The van der Waals surface area contributed by atoms with Crippen LogP contribution in [0.15, 0.2) is 48.7 Å². The van der Waals surface area contributed by atoms with Crippen molar-refractivity contribution in [1.29, 1.82) is 0 Å². The van der Waals surface area contributed by atoms with E-state index >= 15 is 0 Å². The molecule has 27 heavy (non-hydrogen) atoms. The number of aromatic nitrogens is 1. The third-order valence-electron chi connectivity index (χ3n) is 3.06. The number of rotatable bonds is 8. The van der Waals surface area contributed by atoms with Crippen molar-refractivity contribution in [2.75, 3.05) is 19.0 Å². The summed E-state index contributed by atoms with van der Waals surface area (Å²) in [4.78, 5) is 26.9. The second-order valence-corrected chi connectivity index (χ2v) is 6.92. The lowest BCUT2D eigenvalue weighted by molar-refractivity contribution is 0.0981. The highest BCUT2D eigenvalue weighted by molar-refractivity contribution is 7.90. The quantitative estimate of drug-likeness (QED) is 0.672. The molecule has 0 saturated carbocycles. The minimum absolute atomic E-state index is 0.0150. The molecule has 0 aliphatic carbocycles. The number of amides is 1. The van der Waals surface area contributed by atoms with E-state index in [1.54, 1.807) is 37.3 Å². The molecule has 0 bridgehead atoms. The zero-order chi connectivity index (χ0) is 19.7. The fourth-order valence-electron chi connectivity index (χ4n) is 1.84. The highest BCUT2D eigenvalue weighted by atomic mass is 32.2. The lowest BCUT2D eigenvalue weighted by atomic mass is 10.3. The van der Waals surface area contributed by atoms with Crippen LogP contribution in [0.5, 0.6) is 11.6 Å². The van der Waals surface area contributed by atoms with Crippen molar-refractivity contribution in [3.8, 4) is 11.6 Å². The summed E-state index contributed by atoms with van der Waals surface area (Å²) in [5.41, 5.74) is -0.0150. The molecule has 1 aromatic heterocycles. The SMILES string of the molecule is CCOC(=O)Oc1ccc(C(=O)NS(=O)(=O)CCOc2ccccc2)cn1. The Kier molecular flexibility index (Phi) is 7.12. The fraction of sp³-hybridized carbons (Fsp3) is 0.235. The van der Waals surface area contributed by atoms with Gasteiger partial charge in [0.05, 0.1) is 12.2 Å². The Hall–Kier alpha value is -3.14. The summed E-state index contributed by atoms with van der Waals surface area (Å²) in [6.45, 7) is 1.65. The van der Waals surface area contributed by atoms with Gasteiger partial charge in [0.1, 0.15) is 18.1 Å². The molecule has 0 unspecified atom stereocenters. The smallest absolute Gasteiger partial charge is 0.492 e. The highest BCUT2D eigenvalue weighted by Gasteiger charge is 2.17. The van der Waals surface area contributed by atoms with Gasteiger partial charge < -0.3 is 14.2 Å². The Morgan fingerprint density at radius 2 is 1.85 bits per heavy atom. The van der Waals surface area contributed by atoms with Crippen molar-refractivity contribution >= 4 is 22.1 Å². The van der Waals surface area contributed by atoms with E-state index < -0.39 is 27.8 Å². The van der Waals surface area contributed by atoms with Crippen LogP contribution < -0.4 is 14.2 Å². The van der Waals surface area contributed by atoms with Gasteiger partial charge in [-0.05, 0) is 25.1 Å². The molecule has 0 fully saturated rings. The van der Waals surface area contributed by atoms with E-state index in [0.29, 0.717) is 5.75 Å². The second-order valence-electron chi connectivity index (χ2n) is 5.08. The zero-order valence-electron chi connectivity index (χ0n) is 14.5. The van der Waals surface area contributed by atoms with E-state index in [1.165, 1.54) is 12.1 Å². The summed E-state index contributed by atoms with van der Waals surface area (Å²) < 4.78 is 40.5. The molecule has 0 saturated heterocycles. The fourth-order valence-corrected chi connectivity index (χ4v) is 2.65. The maximum Gasteiger partial charge on any atom is 0.515 e. The minimum atomic E-state index is -3.89. The van der Waals surface area contributed by atoms with Crippen LogP contribution in [0, 0.1) is 0 Å². The molecular formula is C17H18N2O7S. The van der Waals surface area contributed by atoms with Gasteiger partial charge >= 0.3 is 6.16 Å². The molecule has 1 N–H and O–H groups in total. The van der Waals surface area contributed by atoms with Crippen LogP contribution in [0.2, 0.25) is 0 Å². The first-order valence-electron chi connectivity index (χ1n) is 7.93. The van der Waals surface area contributed by atoms with E-state index in [1.807, 2.05) is 4.72 Å². The molecule has 1 heterocycles. The van der Waals surface area contributed by atoms with Crippen molar-refractivity contribution in [1.82, 2.24) is 9.71 Å². The lowest BCUT2D eigenvalue weighted by Gasteiger charge is -2.09.